The number of fused-ring (bicyclic) bond motifs is 1. The number of rotatable bonds is 2. The summed E-state index contributed by atoms with van der Waals surface area (Å²) in [5, 5.41) is 10.4. The Morgan fingerprint density at radius 2 is 2.26 bits per heavy atom. The summed E-state index contributed by atoms with van der Waals surface area (Å²) in [7, 11) is 1.83. The van der Waals surface area contributed by atoms with Gasteiger partial charge in [-0.1, -0.05) is 0 Å². The Bertz CT molecular complexity index is 625. The third-order valence-corrected chi connectivity index (χ3v) is 3.42. The molecule has 0 atom stereocenters. The number of aromatic nitrogens is 2. The highest BCUT2D eigenvalue weighted by Gasteiger charge is 2.14. The SMILES string of the molecule is Cc1cc(C(=O)Nc2ccc3c(c2)CCN3)nn1C. The lowest BCUT2D eigenvalue weighted by molar-refractivity contribution is 0.102. The van der Waals surface area contributed by atoms with Crippen LogP contribution in [-0.2, 0) is 13.5 Å². The molecule has 0 bridgehead atoms. The number of aryl methyl sites for hydroxylation is 2. The van der Waals surface area contributed by atoms with Crippen LogP contribution in [0.3, 0.4) is 0 Å². The molecule has 0 fully saturated rings. The maximum absolute atomic E-state index is 12.1. The first-order chi connectivity index (χ1) is 9.13. The van der Waals surface area contributed by atoms with Gasteiger partial charge in [-0.15, -0.1) is 0 Å². The number of benzene rings is 1. The van der Waals surface area contributed by atoms with Gasteiger partial charge < -0.3 is 10.6 Å². The van der Waals surface area contributed by atoms with E-state index in [-0.39, 0.29) is 5.91 Å². The van der Waals surface area contributed by atoms with Gasteiger partial charge in [-0.25, -0.2) is 0 Å². The fraction of sp³-hybridized carbons (Fsp3) is 0.286. The maximum Gasteiger partial charge on any atom is 0.276 e. The van der Waals surface area contributed by atoms with Gasteiger partial charge in [0.2, 0.25) is 0 Å². The van der Waals surface area contributed by atoms with Crippen molar-refractivity contribution in [3.63, 3.8) is 0 Å². The van der Waals surface area contributed by atoms with Crippen molar-refractivity contribution in [1.82, 2.24) is 9.78 Å². The van der Waals surface area contributed by atoms with Crippen LogP contribution in [-0.4, -0.2) is 22.2 Å². The molecule has 1 aromatic heterocycles. The van der Waals surface area contributed by atoms with Crippen LogP contribution in [0.4, 0.5) is 11.4 Å². The molecule has 0 unspecified atom stereocenters. The van der Waals surface area contributed by atoms with Crippen LogP contribution in [0.5, 0.6) is 0 Å². The van der Waals surface area contributed by atoms with Gasteiger partial charge in [0.1, 0.15) is 0 Å². The van der Waals surface area contributed by atoms with E-state index in [9.17, 15) is 4.79 Å². The quantitative estimate of drug-likeness (QED) is 0.863. The molecule has 19 heavy (non-hydrogen) atoms. The summed E-state index contributed by atoms with van der Waals surface area (Å²) in [4.78, 5) is 12.1. The largest absolute Gasteiger partial charge is 0.384 e. The minimum Gasteiger partial charge on any atom is -0.384 e. The van der Waals surface area contributed by atoms with Crippen LogP contribution < -0.4 is 10.6 Å². The van der Waals surface area contributed by atoms with Crippen molar-refractivity contribution in [2.75, 3.05) is 17.2 Å². The minimum atomic E-state index is -0.172. The smallest absolute Gasteiger partial charge is 0.276 e. The van der Waals surface area contributed by atoms with E-state index in [2.05, 4.69) is 15.7 Å². The first-order valence-electron chi connectivity index (χ1n) is 6.32. The van der Waals surface area contributed by atoms with Crippen LogP contribution in [0, 0.1) is 6.92 Å². The molecule has 0 saturated carbocycles. The molecule has 1 aromatic carbocycles. The molecule has 0 saturated heterocycles. The number of hydrogen-bond acceptors (Lipinski definition) is 3. The lowest BCUT2D eigenvalue weighted by atomic mass is 10.1. The van der Waals surface area contributed by atoms with E-state index in [1.54, 1.807) is 10.7 Å². The molecule has 0 spiro atoms. The van der Waals surface area contributed by atoms with Crippen LogP contribution in [0.25, 0.3) is 0 Å². The lowest BCUT2D eigenvalue weighted by Gasteiger charge is -2.05. The Hall–Kier alpha value is -2.30. The summed E-state index contributed by atoms with van der Waals surface area (Å²) < 4.78 is 1.70. The zero-order chi connectivity index (χ0) is 13.4. The van der Waals surface area contributed by atoms with Crippen LogP contribution in [0.1, 0.15) is 21.7 Å². The minimum absolute atomic E-state index is 0.172. The van der Waals surface area contributed by atoms with Gasteiger partial charge in [0.15, 0.2) is 5.69 Å². The van der Waals surface area contributed by atoms with Gasteiger partial charge in [-0.2, -0.15) is 5.10 Å². The molecule has 5 nitrogen and oxygen atoms in total. The van der Waals surface area contributed by atoms with E-state index in [0.717, 1.165) is 30.0 Å². The standard InChI is InChI=1S/C14H16N4O/c1-9-7-13(17-18(9)2)14(19)16-11-3-4-12-10(8-11)5-6-15-12/h3-4,7-8,15H,5-6H2,1-2H3,(H,16,19). The van der Waals surface area contributed by atoms with Crippen molar-refractivity contribution in [3.05, 3.63) is 41.2 Å². The second-order valence-corrected chi connectivity index (χ2v) is 4.80. The van der Waals surface area contributed by atoms with Crippen molar-refractivity contribution in [1.29, 1.82) is 0 Å². The fourth-order valence-corrected chi connectivity index (χ4v) is 2.25. The van der Waals surface area contributed by atoms with E-state index in [4.69, 9.17) is 0 Å². The van der Waals surface area contributed by atoms with Crippen molar-refractivity contribution >= 4 is 17.3 Å². The average molecular weight is 256 g/mol. The lowest BCUT2D eigenvalue weighted by Crippen LogP contribution is -2.13. The Labute approximate surface area is 111 Å². The van der Waals surface area contributed by atoms with Crippen LogP contribution in [0.15, 0.2) is 24.3 Å². The highest BCUT2D eigenvalue weighted by atomic mass is 16.1. The number of hydrogen-bond donors (Lipinski definition) is 2. The topological polar surface area (TPSA) is 59.0 Å². The Morgan fingerprint density at radius 1 is 1.42 bits per heavy atom. The van der Waals surface area contributed by atoms with Gasteiger partial charge in [0, 0.05) is 30.7 Å². The van der Waals surface area contributed by atoms with E-state index >= 15 is 0 Å². The summed E-state index contributed by atoms with van der Waals surface area (Å²) in [6, 6.07) is 7.71. The van der Waals surface area contributed by atoms with Crippen LogP contribution in [0.2, 0.25) is 0 Å². The van der Waals surface area contributed by atoms with Crippen molar-refractivity contribution in [2.24, 2.45) is 7.05 Å². The highest BCUT2D eigenvalue weighted by molar-refractivity contribution is 6.03. The van der Waals surface area contributed by atoms with Crippen molar-refractivity contribution in [2.45, 2.75) is 13.3 Å². The zero-order valence-electron chi connectivity index (χ0n) is 11.0. The first kappa shape index (κ1) is 11.8. The molecule has 3 rings (SSSR count). The van der Waals surface area contributed by atoms with Gasteiger partial charge >= 0.3 is 0 Å². The number of nitrogens with one attached hydrogen (secondary N) is 2. The molecular weight excluding hydrogens is 240 g/mol. The van der Waals surface area contributed by atoms with Gasteiger partial charge in [-0.3, -0.25) is 9.48 Å². The number of carbonyl (C=O) groups is 1. The van der Waals surface area contributed by atoms with Crippen LogP contribution >= 0.6 is 0 Å². The fourth-order valence-electron chi connectivity index (χ4n) is 2.25. The Morgan fingerprint density at radius 3 is 3.00 bits per heavy atom. The van der Waals surface area contributed by atoms with Gasteiger partial charge in [0.25, 0.3) is 5.91 Å². The van der Waals surface area contributed by atoms with E-state index in [0.29, 0.717) is 5.69 Å². The monoisotopic (exact) mass is 256 g/mol. The number of anilines is 2. The predicted molar refractivity (Wildman–Crippen MR) is 74.5 cm³/mol. The number of amides is 1. The highest BCUT2D eigenvalue weighted by Crippen LogP contribution is 2.25. The molecule has 1 aliphatic heterocycles. The summed E-state index contributed by atoms with van der Waals surface area (Å²) >= 11 is 0. The second kappa shape index (κ2) is 4.42. The normalized spacial score (nSPS) is 12.9. The molecule has 5 heteroatoms. The molecule has 2 N–H and O–H groups in total. The van der Waals surface area contributed by atoms with Gasteiger partial charge in [0.05, 0.1) is 0 Å². The number of nitrogens with zero attached hydrogens (tertiary/aromatic N) is 2. The summed E-state index contributed by atoms with van der Waals surface area (Å²) in [5.41, 5.74) is 4.62. The van der Waals surface area contributed by atoms with E-state index in [1.165, 1.54) is 5.56 Å². The van der Waals surface area contributed by atoms with E-state index in [1.807, 2.05) is 32.2 Å². The Kier molecular flexibility index (Phi) is 2.74. The van der Waals surface area contributed by atoms with E-state index < -0.39 is 0 Å². The second-order valence-electron chi connectivity index (χ2n) is 4.80. The molecule has 98 valence electrons. The molecule has 2 heterocycles. The molecular formula is C14H16N4O. The third-order valence-electron chi connectivity index (χ3n) is 3.42. The molecule has 2 aromatic rings. The average Bonchev–Trinajstić information content (AvgIpc) is 2.96. The maximum atomic E-state index is 12.1. The molecule has 0 radical (unpaired) electrons. The molecule has 0 aliphatic carbocycles. The molecule has 1 aliphatic rings. The number of carbonyl (C=O) groups excluding carboxylic acids is 1. The van der Waals surface area contributed by atoms with Crippen molar-refractivity contribution < 1.29 is 4.79 Å². The predicted octanol–water partition coefficient (Wildman–Crippen LogP) is 1.95. The zero-order valence-corrected chi connectivity index (χ0v) is 11.0. The van der Waals surface area contributed by atoms with Crippen molar-refractivity contribution in [3.8, 4) is 0 Å². The summed E-state index contributed by atoms with van der Waals surface area (Å²) in [6.07, 6.45) is 1.00. The van der Waals surface area contributed by atoms with Gasteiger partial charge in [-0.05, 0) is 43.2 Å². The Balaban J connectivity index is 1.79. The first-order valence-corrected chi connectivity index (χ1v) is 6.32. The summed E-state index contributed by atoms with van der Waals surface area (Å²) in [5.74, 6) is -0.172. The third kappa shape index (κ3) is 2.19. The molecule has 1 amide bonds. The summed E-state index contributed by atoms with van der Waals surface area (Å²) in [6.45, 7) is 2.89.